The molecular weight excluding hydrogens is 294 g/mol. The van der Waals surface area contributed by atoms with E-state index in [0.29, 0.717) is 23.4 Å². The van der Waals surface area contributed by atoms with Gasteiger partial charge < -0.3 is 0 Å². The highest BCUT2D eigenvalue weighted by Gasteiger charge is 2.21. The van der Waals surface area contributed by atoms with Gasteiger partial charge in [-0.1, -0.05) is 64.9 Å². The molecule has 19 heavy (non-hydrogen) atoms. The van der Waals surface area contributed by atoms with Crippen LogP contribution in [-0.4, -0.2) is 5.62 Å². The molecule has 1 rings (SSSR count). The molecule has 0 aromatic heterocycles. The van der Waals surface area contributed by atoms with Gasteiger partial charge in [0.1, 0.15) is 0 Å². The molecule has 3 heteroatoms. The predicted molar refractivity (Wildman–Crippen MR) is 91.8 cm³/mol. The Kier molecular flexibility index (Phi) is 6.64. The molecule has 0 amide bonds. The number of rotatable bonds is 5. The summed E-state index contributed by atoms with van der Waals surface area (Å²) >= 11 is 12.6. The molecule has 0 radical (unpaired) electrons. The molecule has 0 aliphatic carbocycles. The fraction of sp³-hybridized carbons (Fsp3) is 0.625. The van der Waals surface area contributed by atoms with Crippen molar-refractivity contribution in [3.05, 3.63) is 28.8 Å². The topological polar surface area (TPSA) is 0 Å². The molecular formula is C16H25Cl2P. The third-order valence-corrected chi connectivity index (χ3v) is 6.61. The maximum Gasteiger partial charge on any atom is 0.0604 e. The second kappa shape index (κ2) is 7.30. The Morgan fingerprint density at radius 3 is 1.58 bits per heavy atom. The molecule has 0 heterocycles. The maximum atomic E-state index is 6.55. The summed E-state index contributed by atoms with van der Waals surface area (Å²) < 4.78 is 0. The third-order valence-electron chi connectivity index (χ3n) is 3.45. The normalized spacial score (nSPS) is 13.6. The molecule has 0 bridgehead atoms. The summed E-state index contributed by atoms with van der Waals surface area (Å²) in [5.41, 5.74) is 4.70. The van der Waals surface area contributed by atoms with Crippen LogP contribution in [0.4, 0.5) is 0 Å². The van der Waals surface area contributed by atoms with E-state index in [1.54, 1.807) is 0 Å². The Labute approximate surface area is 129 Å². The van der Waals surface area contributed by atoms with E-state index in [2.05, 4.69) is 53.7 Å². The first kappa shape index (κ1) is 17.3. The second-order valence-corrected chi connectivity index (χ2v) is 9.35. The van der Waals surface area contributed by atoms with Crippen molar-refractivity contribution in [3.8, 4) is 0 Å². The van der Waals surface area contributed by atoms with Crippen LogP contribution in [0, 0.1) is 0 Å². The summed E-state index contributed by atoms with van der Waals surface area (Å²) in [7, 11) is -0.774. The number of halogens is 2. The summed E-state index contributed by atoms with van der Waals surface area (Å²) in [6.45, 7) is 13.4. The van der Waals surface area contributed by atoms with Crippen molar-refractivity contribution in [3.63, 3.8) is 0 Å². The Morgan fingerprint density at radius 2 is 1.32 bits per heavy atom. The Hall–Kier alpha value is 0.230. The van der Waals surface area contributed by atoms with Crippen LogP contribution >= 0.6 is 30.1 Å². The van der Waals surface area contributed by atoms with Gasteiger partial charge in [-0.2, -0.15) is 0 Å². The molecule has 0 saturated carbocycles. The van der Waals surface area contributed by atoms with E-state index >= 15 is 0 Å². The first-order valence-electron chi connectivity index (χ1n) is 6.96. The highest BCUT2D eigenvalue weighted by molar-refractivity contribution is 7.91. The molecule has 0 fully saturated rings. The van der Waals surface area contributed by atoms with E-state index in [1.165, 1.54) is 22.0 Å². The number of alkyl halides is 1. The van der Waals surface area contributed by atoms with Gasteiger partial charge in [0.2, 0.25) is 0 Å². The van der Waals surface area contributed by atoms with Crippen molar-refractivity contribution in [1.82, 2.24) is 0 Å². The Bertz CT molecular complexity index is 396. The number of benzene rings is 1. The average molecular weight is 319 g/mol. The SMILES string of the molecule is CC(C)c1cc(C(C)C)c(P(Cl)CCl)c(C(C)C)c1. The highest BCUT2D eigenvalue weighted by atomic mass is 35.7. The van der Waals surface area contributed by atoms with Gasteiger partial charge in [0, 0.05) is 7.27 Å². The van der Waals surface area contributed by atoms with Crippen LogP contribution in [-0.2, 0) is 0 Å². The van der Waals surface area contributed by atoms with E-state index in [-0.39, 0.29) is 0 Å². The van der Waals surface area contributed by atoms with Gasteiger partial charge in [0.15, 0.2) is 0 Å². The number of hydrogen-bond donors (Lipinski definition) is 0. The largest absolute Gasteiger partial charge is 0.120 e. The predicted octanol–water partition coefficient (Wildman–Crippen LogP) is 6.51. The fourth-order valence-corrected chi connectivity index (χ4v) is 4.53. The molecule has 0 N–H and O–H groups in total. The van der Waals surface area contributed by atoms with Gasteiger partial charge in [-0.3, -0.25) is 0 Å². The summed E-state index contributed by atoms with van der Waals surface area (Å²) in [5.74, 6) is 1.51. The standard InChI is InChI=1S/C16H25Cl2P/c1-10(2)13-7-14(11(3)4)16(19(18)9-17)15(8-13)12(5)6/h7-8,10-12H,9H2,1-6H3. The van der Waals surface area contributed by atoms with Crippen LogP contribution in [0.25, 0.3) is 0 Å². The zero-order valence-corrected chi connectivity index (χ0v) is 15.2. The zero-order valence-electron chi connectivity index (χ0n) is 12.8. The van der Waals surface area contributed by atoms with Crippen LogP contribution in [0.1, 0.15) is 76.0 Å². The summed E-state index contributed by atoms with van der Waals surface area (Å²) in [6, 6.07) is 4.67. The lowest BCUT2D eigenvalue weighted by Crippen LogP contribution is -2.17. The van der Waals surface area contributed by atoms with Gasteiger partial charge in [0.05, 0.1) is 5.62 Å². The fourth-order valence-electron chi connectivity index (χ4n) is 2.26. The summed E-state index contributed by atoms with van der Waals surface area (Å²) in [5, 5.41) is 1.32. The minimum atomic E-state index is -0.774. The molecule has 0 aliphatic heterocycles. The van der Waals surface area contributed by atoms with E-state index in [9.17, 15) is 0 Å². The van der Waals surface area contributed by atoms with Crippen LogP contribution in [0.15, 0.2) is 12.1 Å². The van der Waals surface area contributed by atoms with Crippen LogP contribution in [0.3, 0.4) is 0 Å². The molecule has 1 atom stereocenters. The summed E-state index contributed by atoms with van der Waals surface area (Å²) in [6.07, 6.45) is 0. The molecule has 108 valence electrons. The lowest BCUT2D eigenvalue weighted by atomic mass is 9.89. The van der Waals surface area contributed by atoms with Gasteiger partial charge >= 0.3 is 0 Å². The second-order valence-electron chi connectivity index (χ2n) is 5.99. The van der Waals surface area contributed by atoms with Gasteiger partial charge in [0.25, 0.3) is 0 Å². The average Bonchev–Trinajstić information content (AvgIpc) is 2.35. The lowest BCUT2D eigenvalue weighted by molar-refractivity contribution is 0.813. The maximum absolute atomic E-state index is 6.55. The molecule has 1 aromatic rings. The monoisotopic (exact) mass is 318 g/mol. The first-order chi connectivity index (χ1) is 8.79. The smallest absolute Gasteiger partial charge is 0.0604 e. The van der Waals surface area contributed by atoms with Gasteiger partial charge in [-0.05, 0) is 39.7 Å². The minimum Gasteiger partial charge on any atom is -0.120 e. The quantitative estimate of drug-likeness (QED) is 0.428. The van der Waals surface area contributed by atoms with Crippen molar-refractivity contribution in [2.45, 2.75) is 59.3 Å². The van der Waals surface area contributed by atoms with Gasteiger partial charge in [-0.25, -0.2) is 0 Å². The molecule has 0 saturated heterocycles. The third kappa shape index (κ3) is 4.10. The lowest BCUT2D eigenvalue weighted by Gasteiger charge is -2.24. The number of hydrogen-bond acceptors (Lipinski definition) is 0. The Balaban J connectivity index is 3.55. The zero-order chi connectivity index (χ0) is 14.7. The molecule has 0 nitrogen and oxygen atoms in total. The molecule has 1 aromatic carbocycles. The van der Waals surface area contributed by atoms with Crippen molar-refractivity contribution in [1.29, 1.82) is 0 Å². The van der Waals surface area contributed by atoms with E-state index < -0.39 is 7.27 Å². The molecule has 1 unspecified atom stereocenters. The van der Waals surface area contributed by atoms with Gasteiger partial charge in [-0.15, -0.1) is 11.6 Å². The van der Waals surface area contributed by atoms with Crippen molar-refractivity contribution in [2.75, 3.05) is 5.62 Å². The van der Waals surface area contributed by atoms with Crippen LogP contribution in [0.5, 0.6) is 0 Å². The minimum absolute atomic E-state index is 0.484. The molecule has 0 spiro atoms. The van der Waals surface area contributed by atoms with E-state index in [1.807, 2.05) is 0 Å². The first-order valence-corrected chi connectivity index (χ1v) is 9.93. The van der Waals surface area contributed by atoms with E-state index in [0.717, 1.165) is 0 Å². The van der Waals surface area contributed by atoms with E-state index in [4.69, 9.17) is 22.8 Å². The summed E-state index contributed by atoms with van der Waals surface area (Å²) in [4.78, 5) is 0. The van der Waals surface area contributed by atoms with Crippen LogP contribution in [0.2, 0.25) is 0 Å². The Morgan fingerprint density at radius 1 is 0.895 bits per heavy atom. The van der Waals surface area contributed by atoms with Crippen molar-refractivity contribution < 1.29 is 0 Å². The van der Waals surface area contributed by atoms with Crippen molar-refractivity contribution >= 4 is 35.4 Å². The van der Waals surface area contributed by atoms with Crippen LogP contribution < -0.4 is 5.30 Å². The molecule has 0 aliphatic rings. The van der Waals surface area contributed by atoms with Crippen molar-refractivity contribution in [2.24, 2.45) is 0 Å². The highest BCUT2D eigenvalue weighted by Crippen LogP contribution is 2.46.